The Labute approximate surface area is 136 Å². The first-order chi connectivity index (χ1) is 9.22. The van der Waals surface area contributed by atoms with E-state index in [1.54, 1.807) is 36.5 Å². The van der Waals surface area contributed by atoms with Gasteiger partial charge in [-0.25, -0.2) is 4.98 Å². The van der Waals surface area contributed by atoms with Crippen LogP contribution in [0.4, 0.5) is 0 Å². The van der Waals surface area contributed by atoms with E-state index in [0.29, 0.717) is 22.6 Å². The number of aromatic nitrogens is 1. The van der Waals surface area contributed by atoms with Crippen LogP contribution in [0.3, 0.4) is 0 Å². The zero-order chi connectivity index (χ0) is 13.2. The van der Waals surface area contributed by atoms with Crippen molar-refractivity contribution in [3.8, 4) is 11.6 Å². The number of carboxylic acid groups (broad SMARTS) is 1. The molecule has 0 spiro atoms. The molecule has 2 aromatic heterocycles. The van der Waals surface area contributed by atoms with E-state index >= 15 is 0 Å². The molecule has 0 bridgehead atoms. The number of carbonyl (C=O) groups excluding carboxylic acids is 1. The van der Waals surface area contributed by atoms with Gasteiger partial charge in [-0.15, -0.1) is 0 Å². The number of fused-ring (bicyclic) bond motifs is 1. The van der Waals surface area contributed by atoms with Crippen LogP contribution in [-0.4, -0.2) is 11.0 Å². The van der Waals surface area contributed by atoms with E-state index < -0.39 is 5.97 Å². The molecular weight excluding hydrogens is 269 g/mol. The van der Waals surface area contributed by atoms with E-state index in [0.717, 1.165) is 0 Å². The second-order valence-electron chi connectivity index (χ2n) is 3.87. The smallest absolute Gasteiger partial charge is 0.542 e. The molecule has 0 aliphatic carbocycles. The van der Waals surface area contributed by atoms with Crippen molar-refractivity contribution in [1.29, 1.82) is 0 Å². The molecule has 1 aromatic carbocycles. The fraction of sp³-hybridized carbons (Fsp3) is 0. The summed E-state index contributed by atoms with van der Waals surface area (Å²) in [4.78, 5) is 14.7. The quantitative estimate of drug-likeness (QED) is 0.573. The molecule has 0 amide bonds. The SMILES string of the molecule is O=C([O-])c1cc2cc(Oc3ccccn3)ccc2o1.[Na+]. The third kappa shape index (κ3) is 3.01. The van der Waals surface area contributed by atoms with Crippen LogP contribution in [-0.2, 0) is 0 Å². The van der Waals surface area contributed by atoms with Gasteiger partial charge in [-0.05, 0) is 30.3 Å². The minimum Gasteiger partial charge on any atom is -0.542 e. The summed E-state index contributed by atoms with van der Waals surface area (Å²) < 4.78 is 10.6. The van der Waals surface area contributed by atoms with Crippen LogP contribution in [0.5, 0.6) is 11.6 Å². The summed E-state index contributed by atoms with van der Waals surface area (Å²) in [5.41, 5.74) is 0.465. The van der Waals surface area contributed by atoms with Crippen molar-refractivity contribution in [2.75, 3.05) is 0 Å². The number of benzene rings is 1. The topological polar surface area (TPSA) is 75.4 Å². The summed E-state index contributed by atoms with van der Waals surface area (Å²) in [7, 11) is 0. The monoisotopic (exact) mass is 277 g/mol. The van der Waals surface area contributed by atoms with Crippen molar-refractivity contribution in [2.45, 2.75) is 0 Å². The molecule has 0 N–H and O–H groups in total. The largest absolute Gasteiger partial charge is 1.00 e. The fourth-order valence-electron chi connectivity index (χ4n) is 1.71. The van der Waals surface area contributed by atoms with Crippen LogP contribution in [0.25, 0.3) is 11.0 Å². The molecule has 5 nitrogen and oxygen atoms in total. The summed E-state index contributed by atoms with van der Waals surface area (Å²) in [6, 6.07) is 11.7. The van der Waals surface area contributed by atoms with Crippen LogP contribution in [0.15, 0.2) is 53.1 Å². The van der Waals surface area contributed by atoms with Gasteiger partial charge >= 0.3 is 29.6 Å². The van der Waals surface area contributed by atoms with Gasteiger partial charge < -0.3 is 19.1 Å². The van der Waals surface area contributed by atoms with Crippen molar-refractivity contribution in [3.63, 3.8) is 0 Å². The molecule has 0 saturated carbocycles. The number of carboxylic acids is 1. The van der Waals surface area contributed by atoms with Gasteiger partial charge in [-0.1, -0.05) is 6.07 Å². The van der Waals surface area contributed by atoms with Crippen molar-refractivity contribution in [1.82, 2.24) is 4.98 Å². The Hall–Kier alpha value is -1.82. The van der Waals surface area contributed by atoms with Gasteiger partial charge in [0.25, 0.3) is 0 Å². The Morgan fingerprint density at radius 1 is 1.20 bits per heavy atom. The molecule has 2 heterocycles. The summed E-state index contributed by atoms with van der Waals surface area (Å²) in [6.07, 6.45) is 1.62. The average Bonchev–Trinajstić information content (AvgIpc) is 2.83. The van der Waals surface area contributed by atoms with Crippen molar-refractivity contribution in [2.24, 2.45) is 0 Å². The Kier molecular flexibility index (Phi) is 4.44. The maximum Gasteiger partial charge on any atom is 1.00 e. The molecule has 3 rings (SSSR count). The summed E-state index contributed by atoms with van der Waals surface area (Å²) >= 11 is 0. The van der Waals surface area contributed by atoms with Gasteiger partial charge in [0.2, 0.25) is 5.88 Å². The van der Waals surface area contributed by atoms with Gasteiger partial charge in [0.05, 0.1) is 0 Å². The van der Waals surface area contributed by atoms with Crippen LogP contribution in [0.1, 0.15) is 10.6 Å². The second kappa shape index (κ2) is 6.09. The van der Waals surface area contributed by atoms with E-state index in [9.17, 15) is 9.90 Å². The predicted octanol–water partition coefficient (Wildman–Crippen LogP) is -1.01. The van der Waals surface area contributed by atoms with Crippen molar-refractivity contribution in [3.05, 3.63) is 54.4 Å². The third-order valence-electron chi connectivity index (χ3n) is 2.55. The van der Waals surface area contributed by atoms with Gasteiger partial charge in [-0.2, -0.15) is 0 Å². The Morgan fingerprint density at radius 2 is 2.05 bits per heavy atom. The first-order valence-corrected chi connectivity index (χ1v) is 5.56. The molecule has 94 valence electrons. The van der Waals surface area contributed by atoms with E-state index in [1.807, 2.05) is 6.07 Å². The van der Waals surface area contributed by atoms with Crippen molar-refractivity contribution >= 4 is 16.9 Å². The number of ether oxygens (including phenoxy) is 1. The second-order valence-corrected chi connectivity index (χ2v) is 3.87. The molecule has 6 heteroatoms. The number of hydrogen-bond acceptors (Lipinski definition) is 5. The minimum absolute atomic E-state index is 0. The maximum atomic E-state index is 10.7. The average molecular weight is 277 g/mol. The molecule has 3 aromatic rings. The van der Waals surface area contributed by atoms with Gasteiger partial charge in [0.1, 0.15) is 17.3 Å². The Balaban J connectivity index is 0.00000147. The molecule has 0 fully saturated rings. The van der Waals surface area contributed by atoms with E-state index in [2.05, 4.69) is 4.98 Å². The summed E-state index contributed by atoms with van der Waals surface area (Å²) in [5, 5.41) is 11.3. The molecule has 0 aliphatic rings. The Bertz CT molecular complexity index is 739. The third-order valence-corrected chi connectivity index (χ3v) is 2.55. The molecule has 0 unspecified atom stereocenters. The number of pyridine rings is 1. The molecular formula is C14H8NNaO4. The number of aromatic carboxylic acids is 1. The van der Waals surface area contributed by atoms with Crippen LogP contribution >= 0.6 is 0 Å². The normalized spacial score (nSPS) is 10.0. The summed E-state index contributed by atoms with van der Waals surface area (Å²) in [6.45, 7) is 0. The molecule has 0 atom stereocenters. The predicted molar refractivity (Wildman–Crippen MR) is 64.9 cm³/mol. The zero-order valence-electron chi connectivity index (χ0n) is 10.7. The zero-order valence-corrected chi connectivity index (χ0v) is 12.7. The number of rotatable bonds is 3. The molecule has 0 saturated heterocycles. The molecule has 0 radical (unpaired) electrons. The number of furan rings is 1. The van der Waals surface area contributed by atoms with Gasteiger partial charge in [-0.3, -0.25) is 0 Å². The number of nitrogens with zero attached hydrogens (tertiary/aromatic N) is 1. The van der Waals surface area contributed by atoms with Crippen molar-refractivity contribution < 1.29 is 48.6 Å². The number of hydrogen-bond donors (Lipinski definition) is 0. The summed E-state index contributed by atoms with van der Waals surface area (Å²) in [5.74, 6) is -0.532. The van der Waals surface area contributed by atoms with Crippen LogP contribution in [0, 0.1) is 0 Å². The van der Waals surface area contributed by atoms with Gasteiger partial charge in [0, 0.05) is 17.6 Å². The Morgan fingerprint density at radius 3 is 2.75 bits per heavy atom. The maximum absolute atomic E-state index is 10.7. The van der Waals surface area contributed by atoms with Crippen LogP contribution in [0.2, 0.25) is 0 Å². The minimum atomic E-state index is -1.34. The fourth-order valence-corrected chi connectivity index (χ4v) is 1.71. The first-order valence-electron chi connectivity index (χ1n) is 5.56. The molecule has 20 heavy (non-hydrogen) atoms. The number of carbonyl (C=O) groups is 1. The molecule has 0 aliphatic heterocycles. The van der Waals surface area contributed by atoms with E-state index in [1.165, 1.54) is 6.07 Å². The standard InChI is InChI=1S/C14H9NO4.Na/c16-14(17)12-8-9-7-10(4-5-11(9)19-12)18-13-3-1-2-6-15-13;/h1-8H,(H,16,17);/q;+1/p-1. The first kappa shape index (κ1) is 14.6. The van der Waals surface area contributed by atoms with E-state index in [4.69, 9.17) is 9.15 Å². The van der Waals surface area contributed by atoms with Gasteiger partial charge in [0.15, 0.2) is 5.76 Å². The van der Waals surface area contributed by atoms with Crippen LogP contribution < -0.4 is 39.4 Å². The van der Waals surface area contributed by atoms with E-state index in [-0.39, 0.29) is 35.3 Å².